The number of nitrogens with zero attached hydrogens (tertiary/aromatic N) is 2. The van der Waals surface area contributed by atoms with Gasteiger partial charge in [0, 0.05) is 29.0 Å². The first-order chi connectivity index (χ1) is 12.5. The van der Waals surface area contributed by atoms with Crippen LogP contribution in [0.15, 0.2) is 34.4 Å². The molecule has 0 unspecified atom stereocenters. The minimum atomic E-state index is -1.07. The largest absolute Gasteiger partial charge is 0.504 e. The molecule has 1 aromatic heterocycles. The first kappa shape index (κ1) is 17.8. The van der Waals surface area contributed by atoms with Gasteiger partial charge < -0.3 is 14.4 Å². The number of pyridine rings is 1. The van der Waals surface area contributed by atoms with Crippen molar-refractivity contribution in [3.8, 4) is 22.8 Å². The van der Waals surface area contributed by atoms with E-state index in [0.29, 0.717) is 30.0 Å². The standard InChI is InChI=1S/C19H20N2O5/c1-3-5-26-18-7-11-6-12(4-2)21-10-14(19(24)20-25)16(22)9-15(21)13(11)8-17(18)23/h7-10,12,23H,3-6H2,1-2H3/t12-/m0/s1. The Labute approximate surface area is 150 Å². The molecule has 1 aliphatic heterocycles. The molecule has 1 aliphatic rings. The van der Waals surface area contributed by atoms with E-state index < -0.39 is 11.3 Å². The minimum Gasteiger partial charge on any atom is -0.504 e. The van der Waals surface area contributed by atoms with Gasteiger partial charge >= 0.3 is 5.91 Å². The molecule has 26 heavy (non-hydrogen) atoms. The van der Waals surface area contributed by atoms with Crippen LogP contribution in [0.4, 0.5) is 0 Å². The molecule has 7 nitrogen and oxygen atoms in total. The normalized spacial score (nSPS) is 15.1. The molecule has 0 radical (unpaired) electrons. The number of hydrogen-bond donors (Lipinski definition) is 1. The van der Waals surface area contributed by atoms with E-state index >= 15 is 0 Å². The highest BCUT2D eigenvalue weighted by Gasteiger charge is 2.26. The van der Waals surface area contributed by atoms with E-state index in [-0.39, 0.29) is 17.4 Å². The Hall–Kier alpha value is -2.96. The summed E-state index contributed by atoms with van der Waals surface area (Å²) < 4.78 is 7.40. The number of aromatic hydroxyl groups is 1. The van der Waals surface area contributed by atoms with E-state index in [1.54, 1.807) is 6.07 Å². The highest BCUT2D eigenvalue weighted by atomic mass is 16.5. The highest BCUT2D eigenvalue weighted by Crippen LogP contribution is 2.41. The van der Waals surface area contributed by atoms with Crippen LogP contribution in [0.5, 0.6) is 11.5 Å². The third-order valence-corrected chi connectivity index (χ3v) is 4.64. The molecule has 3 rings (SSSR count). The highest BCUT2D eigenvalue weighted by molar-refractivity contribution is 5.94. The number of ether oxygens (including phenoxy) is 1. The lowest BCUT2D eigenvalue weighted by Gasteiger charge is -2.30. The predicted molar refractivity (Wildman–Crippen MR) is 96.7 cm³/mol. The molecule has 2 aromatic rings. The molecule has 7 heteroatoms. The van der Waals surface area contributed by atoms with E-state index in [2.05, 4.69) is 5.18 Å². The summed E-state index contributed by atoms with van der Waals surface area (Å²) in [5, 5.41) is 12.6. The predicted octanol–water partition coefficient (Wildman–Crippen LogP) is 3.42. The number of nitroso groups, excluding NO2 is 1. The average Bonchev–Trinajstić information content (AvgIpc) is 2.65. The number of benzene rings is 1. The van der Waals surface area contributed by atoms with Crippen LogP contribution >= 0.6 is 0 Å². The van der Waals surface area contributed by atoms with Crippen molar-refractivity contribution in [2.24, 2.45) is 5.18 Å². The Balaban J connectivity index is 2.18. The maximum atomic E-state index is 12.3. The SMILES string of the molecule is CCCOc1cc2c(cc1O)-c1cc(=O)c(C(=O)N=O)cn1[C@@H](CC)C2. The Morgan fingerprint density at radius 1 is 1.35 bits per heavy atom. The topological polar surface area (TPSA) is 98.0 Å². The van der Waals surface area contributed by atoms with Gasteiger partial charge in [-0.15, -0.1) is 4.91 Å². The lowest BCUT2D eigenvalue weighted by Crippen LogP contribution is -2.25. The second kappa shape index (κ2) is 7.11. The van der Waals surface area contributed by atoms with E-state index in [4.69, 9.17) is 4.74 Å². The summed E-state index contributed by atoms with van der Waals surface area (Å²) in [6.45, 7) is 4.49. The number of hydrogen-bond acceptors (Lipinski definition) is 5. The maximum Gasteiger partial charge on any atom is 0.322 e. The number of carbonyl (C=O) groups is 1. The number of amides is 1. The number of carbonyl (C=O) groups excluding carboxylic acids is 1. The summed E-state index contributed by atoms with van der Waals surface area (Å²) in [4.78, 5) is 34.4. The molecular weight excluding hydrogens is 336 g/mol. The molecule has 2 heterocycles. The summed E-state index contributed by atoms with van der Waals surface area (Å²) in [5.74, 6) is -0.647. The summed E-state index contributed by atoms with van der Waals surface area (Å²) in [6.07, 6.45) is 3.65. The lowest BCUT2D eigenvalue weighted by molar-refractivity contribution is 0.0999. The lowest BCUT2D eigenvalue weighted by atomic mass is 9.90. The molecule has 0 bridgehead atoms. The first-order valence-corrected chi connectivity index (χ1v) is 8.63. The van der Waals surface area contributed by atoms with Gasteiger partial charge in [-0.1, -0.05) is 13.8 Å². The van der Waals surface area contributed by atoms with Crippen LogP contribution in [0, 0.1) is 4.91 Å². The van der Waals surface area contributed by atoms with Crippen molar-refractivity contribution < 1.29 is 14.6 Å². The van der Waals surface area contributed by atoms with Crippen molar-refractivity contribution in [3.63, 3.8) is 0 Å². The van der Waals surface area contributed by atoms with Crippen LogP contribution in [0.25, 0.3) is 11.3 Å². The van der Waals surface area contributed by atoms with Gasteiger partial charge in [0.1, 0.15) is 5.56 Å². The quantitative estimate of drug-likeness (QED) is 0.828. The zero-order valence-electron chi connectivity index (χ0n) is 14.7. The third kappa shape index (κ3) is 3.00. The monoisotopic (exact) mass is 356 g/mol. The zero-order chi connectivity index (χ0) is 18.8. The molecule has 0 aliphatic carbocycles. The summed E-state index contributed by atoms with van der Waals surface area (Å²) in [5.41, 5.74) is 1.48. The molecule has 1 atom stereocenters. The van der Waals surface area contributed by atoms with Crippen molar-refractivity contribution in [3.05, 3.63) is 50.7 Å². The Bertz CT molecular complexity index is 932. The molecule has 0 saturated heterocycles. The van der Waals surface area contributed by atoms with E-state index in [0.717, 1.165) is 18.4 Å². The number of rotatable bonds is 5. The summed E-state index contributed by atoms with van der Waals surface area (Å²) in [6, 6.07) is 4.73. The molecular formula is C19H20N2O5. The number of fused-ring (bicyclic) bond motifs is 3. The molecule has 1 aromatic carbocycles. The van der Waals surface area contributed by atoms with Crippen molar-refractivity contribution in [1.29, 1.82) is 0 Å². The van der Waals surface area contributed by atoms with Crippen LogP contribution in [0.3, 0.4) is 0 Å². The average molecular weight is 356 g/mol. The zero-order valence-corrected chi connectivity index (χ0v) is 14.7. The molecule has 0 spiro atoms. The van der Waals surface area contributed by atoms with Gasteiger partial charge in [0.2, 0.25) is 0 Å². The van der Waals surface area contributed by atoms with Crippen molar-refractivity contribution in [2.75, 3.05) is 6.61 Å². The van der Waals surface area contributed by atoms with Gasteiger partial charge in [-0.05, 0) is 37.0 Å². The van der Waals surface area contributed by atoms with Crippen LogP contribution in [-0.4, -0.2) is 22.2 Å². The van der Waals surface area contributed by atoms with Gasteiger partial charge in [-0.3, -0.25) is 9.59 Å². The Morgan fingerprint density at radius 3 is 2.77 bits per heavy atom. The maximum absolute atomic E-state index is 12.3. The molecule has 1 amide bonds. The number of phenolic OH excluding ortho intramolecular Hbond substituents is 1. The van der Waals surface area contributed by atoms with Crippen LogP contribution in [0.1, 0.15) is 48.7 Å². The number of aromatic nitrogens is 1. The van der Waals surface area contributed by atoms with Gasteiger partial charge in [0.25, 0.3) is 0 Å². The first-order valence-electron chi connectivity index (χ1n) is 8.63. The molecule has 136 valence electrons. The number of phenols is 1. The Kier molecular flexibility index (Phi) is 4.88. The third-order valence-electron chi connectivity index (χ3n) is 4.64. The Morgan fingerprint density at radius 2 is 2.12 bits per heavy atom. The molecule has 0 fully saturated rings. The van der Waals surface area contributed by atoms with Crippen LogP contribution in [0.2, 0.25) is 0 Å². The van der Waals surface area contributed by atoms with E-state index in [1.807, 2.05) is 24.5 Å². The van der Waals surface area contributed by atoms with E-state index in [9.17, 15) is 19.6 Å². The summed E-state index contributed by atoms with van der Waals surface area (Å²) >= 11 is 0. The fourth-order valence-electron chi connectivity index (χ4n) is 3.32. The second-order valence-corrected chi connectivity index (χ2v) is 6.33. The minimum absolute atomic E-state index is 0.000795. The molecule has 1 N–H and O–H groups in total. The summed E-state index contributed by atoms with van der Waals surface area (Å²) in [7, 11) is 0. The molecule has 0 saturated carbocycles. The van der Waals surface area contributed by atoms with Gasteiger partial charge in [-0.2, -0.15) is 0 Å². The fourth-order valence-corrected chi connectivity index (χ4v) is 3.32. The van der Waals surface area contributed by atoms with Crippen molar-refractivity contribution in [2.45, 2.75) is 39.2 Å². The fraction of sp³-hybridized carbons (Fsp3) is 0.368. The van der Waals surface area contributed by atoms with Gasteiger partial charge in [0.05, 0.1) is 12.3 Å². The van der Waals surface area contributed by atoms with Crippen molar-refractivity contribution >= 4 is 5.91 Å². The van der Waals surface area contributed by atoms with Crippen LogP contribution < -0.4 is 10.2 Å². The van der Waals surface area contributed by atoms with E-state index in [1.165, 1.54) is 12.3 Å². The van der Waals surface area contributed by atoms with Crippen molar-refractivity contribution in [1.82, 2.24) is 4.57 Å². The second-order valence-electron chi connectivity index (χ2n) is 6.33. The van der Waals surface area contributed by atoms with Gasteiger partial charge in [-0.25, -0.2) is 0 Å². The smallest absolute Gasteiger partial charge is 0.322 e. The van der Waals surface area contributed by atoms with Gasteiger partial charge in [0.15, 0.2) is 16.9 Å². The van der Waals surface area contributed by atoms with Crippen LogP contribution in [-0.2, 0) is 6.42 Å².